The molecule has 1 aliphatic heterocycles. The molecular weight excluding hydrogens is 300 g/mol. The molecule has 3 rings (SSSR count). The van der Waals surface area contributed by atoms with E-state index in [2.05, 4.69) is 48.2 Å². The van der Waals surface area contributed by atoms with E-state index >= 15 is 0 Å². The maximum absolute atomic E-state index is 12.8. The van der Waals surface area contributed by atoms with Gasteiger partial charge in [0.25, 0.3) is 5.91 Å². The number of aromatic nitrogens is 2. The Bertz CT molecular complexity index is 704. The van der Waals surface area contributed by atoms with Crippen molar-refractivity contribution < 1.29 is 4.79 Å². The van der Waals surface area contributed by atoms with E-state index in [1.165, 1.54) is 11.9 Å². The molecule has 24 heavy (non-hydrogen) atoms. The highest BCUT2D eigenvalue weighted by molar-refractivity contribution is 5.93. The van der Waals surface area contributed by atoms with Crippen LogP contribution in [0, 0.1) is 0 Å². The van der Waals surface area contributed by atoms with E-state index in [-0.39, 0.29) is 5.91 Å². The molecule has 2 aromatic rings. The first-order chi connectivity index (χ1) is 11.6. The summed E-state index contributed by atoms with van der Waals surface area (Å²) < 4.78 is 0. The normalized spacial score (nSPS) is 20.9. The second kappa shape index (κ2) is 7.09. The minimum Gasteiger partial charge on any atom is -0.334 e. The van der Waals surface area contributed by atoms with Crippen LogP contribution >= 0.6 is 0 Å². The third-order valence-corrected chi connectivity index (χ3v) is 4.39. The highest BCUT2D eigenvalue weighted by Crippen LogP contribution is 2.19. The van der Waals surface area contributed by atoms with Gasteiger partial charge in [-0.1, -0.05) is 31.2 Å². The van der Waals surface area contributed by atoms with Crippen molar-refractivity contribution in [3.05, 3.63) is 47.9 Å². The summed E-state index contributed by atoms with van der Waals surface area (Å²) in [5.41, 5.74) is 3.53. The van der Waals surface area contributed by atoms with Crippen LogP contribution in [0.5, 0.6) is 0 Å². The molecule has 1 N–H and O–H groups in total. The molecule has 0 radical (unpaired) electrons. The lowest BCUT2D eigenvalue weighted by molar-refractivity contribution is 0.0667. The molecule has 0 bridgehead atoms. The molecule has 1 fully saturated rings. The van der Waals surface area contributed by atoms with Gasteiger partial charge in [0, 0.05) is 30.7 Å². The summed E-state index contributed by atoms with van der Waals surface area (Å²) in [6.07, 6.45) is 2.48. The number of nitrogens with one attached hydrogen (secondary N) is 1. The Balaban J connectivity index is 1.82. The largest absolute Gasteiger partial charge is 0.334 e. The number of amides is 1. The number of benzene rings is 1. The second-order valence-corrected chi connectivity index (χ2v) is 6.52. The molecule has 1 aromatic carbocycles. The van der Waals surface area contributed by atoms with E-state index in [0.29, 0.717) is 30.9 Å². The zero-order chi connectivity index (χ0) is 17.1. The van der Waals surface area contributed by atoms with Crippen LogP contribution in [0.1, 0.15) is 36.8 Å². The van der Waals surface area contributed by atoms with Crippen molar-refractivity contribution in [2.24, 2.45) is 0 Å². The van der Waals surface area contributed by atoms with Crippen LogP contribution in [0.15, 0.2) is 36.7 Å². The van der Waals surface area contributed by atoms with Crippen molar-refractivity contribution in [3.63, 3.8) is 0 Å². The smallest absolute Gasteiger partial charge is 0.272 e. The summed E-state index contributed by atoms with van der Waals surface area (Å²) in [5, 5.41) is 3.44. The van der Waals surface area contributed by atoms with Crippen molar-refractivity contribution in [1.29, 1.82) is 0 Å². The minimum absolute atomic E-state index is 0.0240. The van der Waals surface area contributed by atoms with Crippen molar-refractivity contribution in [3.8, 4) is 11.3 Å². The Morgan fingerprint density at radius 1 is 1.17 bits per heavy atom. The zero-order valence-electron chi connectivity index (χ0n) is 14.5. The fourth-order valence-electron chi connectivity index (χ4n) is 3.20. The van der Waals surface area contributed by atoms with E-state index in [0.717, 1.165) is 17.7 Å². The number of carbonyl (C=O) groups excluding carboxylic acids is 1. The molecule has 2 unspecified atom stereocenters. The van der Waals surface area contributed by atoms with Crippen molar-refractivity contribution >= 4 is 5.91 Å². The third-order valence-electron chi connectivity index (χ3n) is 4.39. The molecular formula is C19H24N4O. The van der Waals surface area contributed by atoms with E-state index in [4.69, 9.17) is 0 Å². The number of hydrogen-bond acceptors (Lipinski definition) is 4. The van der Waals surface area contributed by atoms with Gasteiger partial charge in [0.15, 0.2) is 0 Å². The summed E-state index contributed by atoms with van der Waals surface area (Å²) in [6.45, 7) is 7.72. The Kier molecular flexibility index (Phi) is 4.90. The number of carbonyl (C=O) groups is 1. The van der Waals surface area contributed by atoms with Crippen LogP contribution in [0.25, 0.3) is 11.3 Å². The lowest BCUT2D eigenvalue weighted by atomic mass is 10.1. The molecule has 0 aliphatic carbocycles. The van der Waals surface area contributed by atoms with Crippen LogP contribution < -0.4 is 5.32 Å². The molecule has 0 saturated carbocycles. The maximum atomic E-state index is 12.8. The summed E-state index contributed by atoms with van der Waals surface area (Å²) in [6, 6.07) is 10.7. The summed E-state index contributed by atoms with van der Waals surface area (Å²) >= 11 is 0. The Labute approximate surface area is 143 Å². The third kappa shape index (κ3) is 3.62. The second-order valence-electron chi connectivity index (χ2n) is 6.52. The Hall–Kier alpha value is -2.27. The van der Waals surface area contributed by atoms with Gasteiger partial charge in [-0.2, -0.15) is 0 Å². The van der Waals surface area contributed by atoms with Gasteiger partial charge in [-0.3, -0.25) is 4.79 Å². The fourth-order valence-corrected chi connectivity index (χ4v) is 3.20. The number of piperazine rings is 1. The van der Waals surface area contributed by atoms with Crippen LogP contribution in [-0.2, 0) is 6.42 Å². The molecule has 126 valence electrons. The van der Waals surface area contributed by atoms with Gasteiger partial charge in [0.05, 0.1) is 5.69 Å². The first-order valence-electron chi connectivity index (χ1n) is 8.53. The average Bonchev–Trinajstić information content (AvgIpc) is 2.60. The van der Waals surface area contributed by atoms with E-state index in [1.807, 2.05) is 17.0 Å². The number of hydrogen-bond donors (Lipinski definition) is 1. The first-order valence-corrected chi connectivity index (χ1v) is 8.53. The highest BCUT2D eigenvalue weighted by atomic mass is 16.2. The average molecular weight is 324 g/mol. The predicted molar refractivity (Wildman–Crippen MR) is 94.8 cm³/mol. The van der Waals surface area contributed by atoms with Gasteiger partial charge < -0.3 is 10.2 Å². The van der Waals surface area contributed by atoms with Gasteiger partial charge in [-0.25, -0.2) is 9.97 Å². The summed E-state index contributed by atoms with van der Waals surface area (Å²) in [7, 11) is 0. The monoisotopic (exact) mass is 324 g/mol. The quantitative estimate of drug-likeness (QED) is 0.942. The molecule has 0 spiro atoms. The van der Waals surface area contributed by atoms with Crippen LogP contribution in [0.4, 0.5) is 0 Å². The van der Waals surface area contributed by atoms with Crippen LogP contribution in [0.3, 0.4) is 0 Å². The van der Waals surface area contributed by atoms with Crippen molar-refractivity contribution in [1.82, 2.24) is 20.2 Å². The van der Waals surface area contributed by atoms with Gasteiger partial charge in [0.2, 0.25) is 0 Å². The van der Waals surface area contributed by atoms with E-state index in [9.17, 15) is 4.79 Å². The molecule has 5 heteroatoms. The van der Waals surface area contributed by atoms with Gasteiger partial charge in [-0.05, 0) is 31.9 Å². The minimum atomic E-state index is -0.0240. The molecule has 2 heterocycles. The van der Waals surface area contributed by atoms with Gasteiger partial charge in [0.1, 0.15) is 12.0 Å². The van der Waals surface area contributed by atoms with Crippen LogP contribution in [0.2, 0.25) is 0 Å². The van der Waals surface area contributed by atoms with Crippen molar-refractivity contribution in [2.45, 2.75) is 39.3 Å². The lowest BCUT2D eigenvalue weighted by Crippen LogP contribution is -2.55. The maximum Gasteiger partial charge on any atom is 0.272 e. The topological polar surface area (TPSA) is 58.1 Å². The number of rotatable bonds is 3. The van der Waals surface area contributed by atoms with E-state index < -0.39 is 0 Å². The standard InChI is InChI=1S/C19H24N4O/c1-4-15-5-7-16(8-6-15)17-9-18(21-12-20-17)19(24)23-10-13(2)22-14(3)11-23/h5-9,12-14,22H,4,10-11H2,1-3H3. The fraction of sp³-hybridized carbons (Fsp3) is 0.421. The predicted octanol–water partition coefficient (Wildman–Crippen LogP) is 2.53. The molecule has 2 atom stereocenters. The number of nitrogens with zero attached hydrogens (tertiary/aromatic N) is 3. The molecule has 1 aromatic heterocycles. The van der Waals surface area contributed by atoms with Gasteiger partial charge >= 0.3 is 0 Å². The summed E-state index contributed by atoms with van der Waals surface area (Å²) in [4.78, 5) is 23.2. The molecule has 1 saturated heterocycles. The number of aryl methyl sites for hydroxylation is 1. The highest BCUT2D eigenvalue weighted by Gasteiger charge is 2.26. The Morgan fingerprint density at radius 3 is 2.46 bits per heavy atom. The first kappa shape index (κ1) is 16.6. The Morgan fingerprint density at radius 2 is 1.83 bits per heavy atom. The molecule has 1 aliphatic rings. The summed E-state index contributed by atoms with van der Waals surface area (Å²) in [5.74, 6) is -0.0240. The SMILES string of the molecule is CCc1ccc(-c2cc(C(=O)N3CC(C)NC(C)C3)ncn2)cc1. The molecule has 1 amide bonds. The zero-order valence-corrected chi connectivity index (χ0v) is 14.5. The van der Waals surface area contributed by atoms with Gasteiger partial charge in [-0.15, -0.1) is 0 Å². The van der Waals surface area contributed by atoms with E-state index in [1.54, 1.807) is 6.07 Å². The lowest BCUT2D eigenvalue weighted by Gasteiger charge is -2.35. The van der Waals surface area contributed by atoms with Crippen molar-refractivity contribution in [2.75, 3.05) is 13.1 Å². The van der Waals surface area contributed by atoms with Crippen LogP contribution in [-0.4, -0.2) is 45.9 Å². The molecule has 5 nitrogen and oxygen atoms in total.